The van der Waals surface area contributed by atoms with Crippen LogP contribution < -0.4 is 4.74 Å². The Balaban J connectivity index is 1.73. The van der Waals surface area contributed by atoms with Gasteiger partial charge in [-0.15, -0.1) is 0 Å². The fraction of sp³-hybridized carbons (Fsp3) is 0.632. The minimum Gasteiger partial charge on any atom is -0.494 e. The van der Waals surface area contributed by atoms with Gasteiger partial charge in [0, 0.05) is 43.7 Å². The van der Waals surface area contributed by atoms with Crippen molar-refractivity contribution in [2.24, 2.45) is 5.92 Å². The molecule has 2 aliphatic heterocycles. The molecule has 1 aromatic carbocycles. The second-order valence-electron chi connectivity index (χ2n) is 7.11. The summed E-state index contributed by atoms with van der Waals surface area (Å²) < 4.78 is 11.4. The third-order valence-corrected chi connectivity index (χ3v) is 5.00. The third kappa shape index (κ3) is 4.73. The lowest BCUT2D eigenvalue weighted by Crippen LogP contribution is -2.44. The van der Waals surface area contributed by atoms with Gasteiger partial charge in [-0.25, -0.2) is 0 Å². The van der Waals surface area contributed by atoms with Gasteiger partial charge in [-0.2, -0.15) is 0 Å². The van der Waals surface area contributed by atoms with E-state index < -0.39 is 5.97 Å². The molecule has 2 N–H and O–H groups in total. The van der Waals surface area contributed by atoms with E-state index in [0.717, 1.165) is 36.5 Å². The van der Waals surface area contributed by atoms with E-state index in [0.29, 0.717) is 32.3 Å². The maximum atomic E-state index is 11.1. The van der Waals surface area contributed by atoms with Gasteiger partial charge in [-0.05, 0) is 24.6 Å². The lowest BCUT2D eigenvalue weighted by Gasteiger charge is -2.30. The van der Waals surface area contributed by atoms with Crippen molar-refractivity contribution in [3.05, 3.63) is 29.3 Å². The van der Waals surface area contributed by atoms with Gasteiger partial charge in [-0.1, -0.05) is 6.07 Å². The topological polar surface area (TPSA) is 82.5 Å². The molecule has 2 atom stereocenters. The van der Waals surface area contributed by atoms with Crippen molar-refractivity contribution in [2.45, 2.75) is 26.1 Å². The number of aliphatic hydroxyl groups is 1. The van der Waals surface area contributed by atoms with Crippen molar-refractivity contribution >= 4 is 5.97 Å². The molecule has 0 aliphatic carbocycles. The molecule has 26 heavy (non-hydrogen) atoms. The highest BCUT2D eigenvalue weighted by Gasteiger charge is 2.33. The first-order valence-corrected chi connectivity index (χ1v) is 9.20. The van der Waals surface area contributed by atoms with Crippen LogP contribution in [0.15, 0.2) is 18.2 Å². The summed E-state index contributed by atoms with van der Waals surface area (Å²) in [4.78, 5) is 15.5. The second kappa shape index (κ2) is 8.81. The van der Waals surface area contributed by atoms with Crippen LogP contribution >= 0.6 is 0 Å². The Morgan fingerprint density at radius 1 is 1.31 bits per heavy atom. The zero-order chi connectivity index (χ0) is 18.5. The van der Waals surface area contributed by atoms with Crippen LogP contribution in [0.4, 0.5) is 0 Å². The van der Waals surface area contributed by atoms with E-state index in [-0.39, 0.29) is 19.2 Å². The quantitative estimate of drug-likeness (QED) is 0.740. The van der Waals surface area contributed by atoms with Gasteiger partial charge in [0.15, 0.2) is 0 Å². The van der Waals surface area contributed by atoms with E-state index in [1.54, 1.807) is 0 Å². The number of rotatable bonds is 7. The number of nitrogens with zero attached hydrogens (tertiary/aromatic N) is 2. The SMILES string of the molecule is CCOc1ccc(CN2C[C@H]3COC[C@@H]2CN(CC(=O)O)C3)cc1CO. The molecule has 144 valence electrons. The molecule has 2 heterocycles. The first-order chi connectivity index (χ1) is 12.6. The lowest BCUT2D eigenvalue weighted by atomic mass is 10.1. The first kappa shape index (κ1) is 19.1. The number of aliphatic hydroxyl groups excluding tert-OH is 1. The maximum absolute atomic E-state index is 11.1. The molecular weight excluding hydrogens is 336 g/mol. The molecule has 0 spiro atoms. The highest BCUT2D eigenvalue weighted by molar-refractivity contribution is 5.69. The maximum Gasteiger partial charge on any atom is 0.317 e. The Morgan fingerprint density at radius 2 is 2.15 bits per heavy atom. The molecule has 7 heteroatoms. The van der Waals surface area contributed by atoms with Gasteiger partial charge in [0.25, 0.3) is 0 Å². The van der Waals surface area contributed by atoms with Crippen molar-refractivity contribution in [2.75, 3.05) is 46.0 Å². The molecule has 2 aliphatic rings. The highest BCUT2D eigenvalue weighted by atomic mass is 16.5. The zero-order valence-corrected chi connectivity index (χ0v) is 15.3. The van der Waals surface area contributed by atoms with Crippen LogP contribution in [0.1, 0.15) is 18.1 Å². The van der Waals surface area contributed by atoms with Gasteiger partial charge >= 0.3 is 5.97 Å². The summed E-state index contributed by atoms with van der Waals surface area (Å²) in [6, 6.07) is 6.12. The monoisotopic (exact) mass is 364 g/mol. The summed E-state index contributed by atoms with van der Waals surface area (Å²) >= 11 is 0. The summed E-state index contributed by atoms with van der Waals surface area (Å²) in [7, 11) is 0. The van der Waals surface area contributed by atoms with Gasteiger partial charge in [-0.3, -0.25) is 14.6 Å². The fourth-order valence-corrected chi connectivity index (χ4v) is 3.93. The van der Waals surface area contributed by atoms with E-state index in [2.05, 4.69) is 4.90 Å². The summed E-state index contributed by atoms with van der Waals surface area (Å²) in [6.45, 7) is 6.92. The zero-order valence-electron chi connectivity index (χ0n) is 15.3. The van der Waals surface area contributed by atoms with Crippen molar-refractivity contribution in [1.29, 1.82) is 0 Å². The van der Waals surface area contributed by atoms with Crippen LogP contribution in [0.2, 0.25) is 0 Å². The van der Waals surface area contributed by atoms with Crippen molar-refractivity contribution < 1.29 is 24.5 Å². The Kier molecular flexibility index (Phi) is 6.48. The normalized spacial score (nSPS) is 24.2. The molecule has 0 radical (unpaired) electrons. The van der Waals surface area contributed by atoms with Crippen LogP contribution in [-0.4, -0.2) is 78.0 Å². The Hall–Kier alpha value is -1.67. The molecule has 0 aromatic heterocycles. The van der Waals surface area contributed by atoms with E-state index >= 15 is 0 Å². The third-order valence-electron chi connectivity index (χ3n) is 5.00. The number of carboxylic acid groups (broad SMARTS) is 1. The number of aliphatic carboxylic acids is 1. The fourth-order valence-electron chi connectivity index (χ4n) is 3.93. The number of benzene rings is 1. The summed E-state index contributed by atoms with van der Waals surface area (Å²) in [5.41, 5.74) is 1.92. The minimum absolute atomic E-state index is 0.0509. The average Bonchev–Trinajstić information content (AvgIpc) is 2.85. The van der Waals surface area contributed by atoms with Crippen LogP contribution in [0.5, 0.6) is 5.75 Å². The second-order valence-corrected chi connectivity index (χ2v) is 7.11. The number of ether oxygens (including phenoxy) is 2. The van der Waals surface area contributed by atoms with Crippen molar-refractivity contribution in [1.82, 2.24) is 9.80 Å². The van der Waals surface area contributed by atoms with Gasteiger partial charge in [0.05, 0.1) is 33.0 Å². The molecular formula is C19H28N2O5. The standard InChI is InChI=1S/C19H28N2O5/c1-2-26-18-4-3-14(5-16(18)11-22)7-21-8-15-6-20(10-19(23)24)9-17(21)13-25-12-15/h3-5,15,17,22H,2,6-13H2,1H3,(H,23,24)/t15-,17-/m0/s1. The Morgan fingerprint density at radius 3 is 2.88 bits per heavy atom. The molecule has 2 saturated heterocycles. The molecule has 0 amide bonds. The number of carbonyl (C=O) groups is 1. The summed E-state index contributed by atoms with van der Waals surface area (Å²) in [5.74, 6) is 0.253. The molecule has 2 fully saturated rings. The molecule has 0 unspecified atom stereocenters. The van der Waals surface area contributed by atoms with Gasteiger partial charge in [0.2, 0.25) is 0 Å². The predicted octanol–water partition coefficient (Wildman–Crippen LogP) is 0.795. The van der Waals surface area contributed by atoms with Gasteiger partial charge < -0.3 is 19.7 Å². The Bertz CT molecular complexity index is 624. The molecule has 1 aromatic rings. The Labute approximate surface area is 154 Å². The summed E-state index contributed by atoms with van der Waals surface area (Å²) in [6.07, 6.45) is 0. The van der Waals surface area contributed by atoms with Crippen LogP contribution in [0.25, 0.3) is 0 Å². The summed E-state index contributed by atoms with van der Waals surface area (Å²) in [5, 5.41) is 18.7. The smallest absolute Gasteiger partial charge is 0.317 e. The van der Waals surface area contributed by atoms with Gasteiger partial charge in [0.1, 0.15) is 5.75 Å². The van der Waals surface area contributed by atoms with Crippen LogP contribution in [0, 0.1) is 5.92 Å². The molecule has 2 bridgehead atoms. The molecule has 3 rings (SSSR count). The lowest BCUT2D eigenvalue weighted by molar-refractivity contribution is -0.138. The number of hydrogen-bond donors (Lipinski definition) is 2. The van der Waals surface area contributed by atoms with Crippen LogP contribution in [-0.2, 0) is 22.7 Å². The molecule has 0 saturated carbocycles. The minimum atomic E-state index is -0.781. The number of fused-ring (bicyclic) bond motifs is 3. The van der Waals surface area contributed by atoms with Crippen molar-refractivity contribution in [3.8, 4) is 5.75 Å². The van der Waals surface area contributed by atoms with E-state index in [4.69, 9.17) is 14.6 Å². The predicted molar refractivity (Wildman–Crippen MR) is 96.1 cm³/mol. The molecule has 7 nitrogen and oxygen atoms in total. The van der Waals surface area contributed by atoms with E-state index in [1.807, 2.05) is 30.0 Å². The first-order valence-electron chi connectivity index (χ1n) is 9.20. The highest BCUT2D eigenvalue weighted by Crippen LogP contribution is 2.25. The number of hydrogen-bond acceptors (Lipinski definition) is 6. The van der Waals surface area contributed by atoms with Crippen LogP contribution in [0.3, 0.4) is 0 Å². The average molecular weight is 364 g/mol. The van der Waals surface area contributed by atoms with E-state index in [9.17, 15) is 9.90 Å². The number of carboxylic acids is 1. The van der Waals surface area contributed by atoms with E-state index in [1.165, 1.54) is 0 Å². The largest absolute Gasteiger partial charge is 0.494 e. The van der Waals surface area contributed by atoms with Crippen molar-refractivity contribution in [3.63, 3.8) is 0 Å².